The summed E-state index contributed by atoms with van der Waals surface area (Å²) in [5.41, 5.74) is 2.82. The Hall–Kier alpha value is -3.33. The van der Waals surface area contributed by atoms with Crippen molar-refractivity contribution in [2.24, 2.45) is 5.10 Å². The molecule has 3 rings (SSSR count). The third-order valence-electron chi connectivity index (χ3n) is 3.32. The van der Waals surface area contributed by atoms with Crippen LogP contribution in [-0.4, -0.2) is 29.0 Å². The summed E-state index contributed by atoms with van der Waals surface area (Å²) in [5.74, 6) is -0.456. The van der Waals surface area contributed by atoms with Crippen LogP contribution in [-0.2, 0) is 0 Å². The number of hydrazone groups is 1. The molecule has 2 aromatic rings. The number of nitrogens with zero attached hydrogens (tertiary/aromatic N) is 2. The molecular weight excluding hydrogens is 354 g/mol. The molecule has 0 spiro atoms. The predicted octanol–water partition coefficient (Wildman–Crippen LogP) is 3.12. The van der Waals surface area contributed by atoms with Crippen molar-refractivity contribution in [3.05, 3.63) is 56.6 Å². The summed E-state index contributed by atoms with van der Waals surface area (Å²) in [5, 5.41) is 24.3. The van der Waals surface area contributed by atoms with Gasteiger partial charge in [-0.05, 0) is 24.3 Å². The van der Waals surface area contributed by atoms with Crippen LogP contribution in [0.4, 0.5) is 11.4 Å². The van der Waals surface area contributed by atoms with E-state index >= 15 is 0 Å². The van der Waals surface area contributed by atoms with Crippen LogP contribution in [0.1, 0.15) is 15.9 Å². The second-order valence-electron chi connectivity index (χ2n) is 4.89. The van der Waals surface area contributed by atoms with Crippen molar-refractivity contribution in [1.82, 2.24) is 0 Å². The average molecular weight is 364 g/mol. The van der Waals surface area contributed by atoms with Gasteiger partial charge in [-0.3, -0.25) is 15.5 Å². The molecule has 2 aromatic carbocycles. The van der Waals surface area contributed by atoms with Gasteiger partial charge in [0.05, 0.1) is 39.0 Å². The number of carboxylic acid groups (broad SMARTS) is 1. The number of nitrogens with one attached hydrogen (secondary N) is 1. The molecule has 0 saturated heterocycles. The highest BCUT2D eigenvalue weighted by atomic mass is 35.5. The molecule has 2 N–H and O–H groups in total. The molecule has 128 valence electrons. The lowest BCUT2D eigenvalue weighted by Crippen LogP contribution is -1.99. The lowest BCUT2D eigenvalue weighted by molar-refractivity contribution is -0.385. The molecule has 0 radical (unpaired) electrons. The summed E-state index contributed by atoms with van der Waals surface area (Å²) in [4.78, 5) is 21.6. The van der Waals surface area contributed by atoms with Gasteiger partial charge in [-0.2, -0.15) is 5.10 Å². The summed E-state index contributed by atoms with van der Waals surface area (Å²) < 4.78 is 10.3. The summed E-state index contributed by atoms with van der Waals surface area (Å²) in [6.07, 6.45) is 1.21. The Morgan fingerprint density at radius 1 is 1.32 bits per heavy atom. The Morgan fingerprint density at radius 3 is 2.72 bits per heavy atom. The molecule has 0 unspecified atom stereocenters. The lowest BCUT2D eigenvalue weighted by Gasteiger charge is -2.05. The van der Waals surface area contributed by atoms with E-state index in [9.17, 15) is 14.9 Å². The number of fused-ring (bicyclic) bond motifs is 1. The largest absolute Gasteiger partial charge is 0.478 e. The topological polar surface area (TPSA) is 123 Å². The van der Waals surface area contributed by atoms with Crippen molar-refractivity contribution in [2.45, 2.75) is 0 Å². The molecule has 9 nitrogen and oxygen atoms in total. The van der Waals surface area contributed by atoms with Crippen LogP contribution >= 0.6 is 11.6 Å². The number of carbonyl (C=O) groups is 1. The number of benzene rings is 2. The molecule has 25 heavy (non-hydrogen) atoms. The minimum absolute atomic E-state index is 0.0110. The third-order valence-corrected chi connectivity index (χ3v) is 3.65. The van der Waals surface area contributed by atoms with Crippen LogP contribution in [0.2, 0.25) is 5.02 Å². The van der Waals surface area contributed by atoms with E-state index in [1.807, 2.05) is 0 Å². The van der Waals surface area contributed by atoms with E-state index in [-0.39, 0.29) is 40.1 Å². The Bertz CT molecular complexity index is 899. The van der Waals surface area contributed by atoms with E-state index in [0.717, 1.165) is 0 Å². The first-order chi connectivity index (χ1) is 12.0. The van der Waals surface area contributed by atoms with E-state index < -0.39 is 10.9 Å². The zero-order valence-corrected chi connectivity index (χ0v) is 13.2. The van der Waals surface area contributed by atoms with Gasteiger partial charge in [0, 0.05) is 0 Å². The highest BCUT2D eigenvalue weighted by Crippen LogP contribution is 2.37. The SMILES string of the molecule is O=C(O)c1ccc(Cl)c(N/N=C\c2cc3c(cc2[N+](=O)[O-])OCO3)c1. The van der Waals surface area contributed by atoms with E-state index in [2.05, 4.69) is 10.5 Å². The molecule has 0 aliphatic carbocycles. The highest BCUT2D eigenvalue weighted by molar-refractivity contribution is 6.33. The summed E-state index contributed by atoms with van der Waals surface area (Å²) in [6, 6.07) is 6.74. The molecule has 1 aliphatic heterocycles. The second-order valence-corrected chi connectivity index (χ2v) is 5.30. The van der Waals surface area contributed by atoms with Crippen molar-refractivity contribution in [3.63, 3.8) is 0 Å². The Balaban J connectivity index is 1.87. The van der Waals surface area contributed by atoms with Crippen LogP contribution in [0.25, 0.3) is 0 Å². The first-order valence-corrected chi connectivity index (χ1v) is 7.23. The first kappa shape index (κ1) is 16.5. The van der Waals surface area contributed by atoms with Gasteiger partial charge in [0.15, 0.2) is 11.5 Å². The maximum Gasteiger partial charge on any atom is 0.335 e. The van der Waals surface area contributed by atoms with E-state index in [0.29, 0.717) is 5.75 Å². The van der Waals surface area contributed by atoms with Crippen molar-refractivity contribution < 1.29 is 24.3 Å². The molecule has 0 aromatic heterocycles. The number of hydrogen-bond acceptors (Lipinski definition) is 7. The number of nitro groups is 1. The van der Waals surface area contributed by atoms with Crippen LogP contribution in [0.5, 0.6) is 11.5 Å². The van der Waals surface area contributed by atoms with Gasteiger partial charge in [-0.25, -0.2) is 4.79 Å². The lowest BCUT2D eigenvalue weighted by atomic mass is 10.1. The first-order valence-electron chi connectivity index (χ1n) is 6.85. The molecule has 0 fully saturated rings. The van der Waals surface area contributed by atoms with Gasteiger partial charge in [0.25, 0.3) is 5.69 Å². The van der Waals surface area contributed by atoms with Crippen molar-refractivity contribution in [3.8, 4) is 11.5 Å². The fourth-order valence-electron chi connectivity index (χ4n) is 2.12. The number of aromatic carboxylic acids is 1. The van der Waals surface area contributed by atoms with Gasteiger partial charge in [-0.1, -0.05) is 11.6 Å². The van der Waals surface area contributed by atoms with Crippen molar-refractivity contribution >= 4 is 35.2 Å². The predicted molar refractivity (Wildman–Crippen MR) is 88.8 cm³/mol. The molecule has 1 aliphatic rings. The number of carboxylic acids is 1. The van der Waals surface area contributed by atoms with Gasteiger partial charge < -0.3 is 14.6 Å². The maximum atomic E-state index is 11.2. The molecular formula is C15H10ClN3O6. The monoisotopic (exact) mass is 363 g/mol. The summed E-state index contributed by atoms with van der Waals surface area (Å²) >= 11 is 5.97. The number of anilines is 1. The van der Waals surface area contributed by atoms with Gasteiger partial charge in [0.1, 0.15) is 0 Å². The normalized spacial score (nSPS) is 12.4. The maximum absolute atomic E-state index is 11.2. The van der Waals surface area contributed by atoms with Crippen LogP contribution in [0.15, 0.2) is 35.4 Å². The molecule has 1 heterocycles. The van der Waals surface area contributed by atoms with Gasteiger partial charge >= 0.3 is 5.97 Å². The number of hydrogen-bond donors (Lipinski definition) is 2. The quantitative estimate of drug-likeness (QED) is 0.475. The van der Waals surface area contributed by atoms with E-state index in [4.69, 9.17) is 26.2 Å². The Labute approximate surface area is 145 Å². The number of nitro benzene ring substituents is 1. The Kier molecular flexibility index (Phi) is 4.40. The van der Waals surface area contributed by atoms with E-state index in [1.165, 1.54) is 36.5 Å². The minimum atomic E-state index is -1.12. The smallest absolute Gasteiger partial charge is 0.335 e. The third kappa shape index (κ3) is 3.45. The van der Waals surface area contributed by atoms with Crippen LogP contribution < -0.4 is 14.9 Å². The second kappa shape index (κ2) is 6.65. The van der Waals surface area contributed by atoms with Crippen LogP contribution in [0, 0.1) is 10.1 Å². The number of rotatable bonds is 5. The zero-order valence-electron chi connectivity index (χ0n) is 12.4. The van der Waals surface area contributed by atoms with E-state index in [1.54, 1.807) is 0 Å². The highest BCUT2D eigenvalue weighted by Gasteiger charge is 2.22. The van der Waals surface area contributed by atoms with Crippen LogP contribution in [0.3, 0.4) is 0 Å². The number of halogens is 1. The Morgan fingerprint density at radius 2 is 2.04 bits per heavy atom. The standard InChI is InChI=1S/C15H10ClN3O6/c16-10-2-1-8(15(20)21)3-11(10)18-17-6-9-4-13-14(25-7-24-13)5-12(9)19(22)23/h1-6,18H,7H2,(H,20,21)/b17-6-. The fraction of sp³-hybridized carbons (Fsp3) is 0.0667. The number of ether oxygens (including phenoxy) is 2. The zero-order chi connectivity index (χ0) is 18.0. The average Bonchev–Trinajstić information content (AvgIpc) is 3.02. The van der Waals surface area contributed by atoms with Gasteiger partial charge in [-0.15, -0.1) is 0 Å². The summed E-state index contributed by atoms with van der Waals surface area (Å²) in [7, 11) is 0. The fourth-order valence-corrected chi connectivity index (χ4v) is 2.28. The molecule has 0 amide bonds. The van der Waals surface area contributed by atoms with Crippen molar-refractivity contribution in [1.29, 1.82) is 0 Å². The van der Waals surface area contributed by atoms with Crippen molar-refractivity contribution in [2.75, 3.05) is 12.2 Å². The summed E-state index contributed by atoms with van der Waals surface area (Å²) in [6.45, 7) is -0.0110. The molecule has 0 bridgehead atoms. The van der Waals surface area contributed by atoms with Gasteiger partial charge in [0.2, 0.25) is 6.79 Å². The minimum Gasteiger partial charge on any atom is -0.478 e. The molecule has 10 heteroatoms. The molecule has 0 atom stereocenters. The molecule has 0 saturated carbocycles.